The molecule has 0 aliphatic rings. The highest BCUT2D eigenvalue weighted by molar-refractivity contribution is 6.32. The van der Waals surface area contributed by atoms with E-state index in [0.717, 1.165) is 0 Å². The summed E-state index contributed by atoms with van der Waals surface area (Å²) in [5.41, 5.74) is 1.35. The summed E-state index contributed by atoms with van der Waals surface area (Å²) < 4.78 is 1.47. The van der Waals surface area contributed by atoms with Crippen LogP contribution in [0.15, 0.2) is 24.3 Å². The molecule has 2 heteroatoms. The molecule has 0 spiro atoms. The summed E-state index contributed by atoms with van der Waals surface area (Å²) in [6.07, 6.45) is 0. The molecule has 0 atom stereocenters. The van der Waals surface area contributed by atoms with Crippen LogP contribution in [0.4, 0.5) is 0 Å². The van der Waals surface area contributed by atoms with Gasteiger partial charge in [-0.15, -0.1) is 16.8 Å². The van der Waals surface area contributed by atoms with Crippen LogP contribution in [0, 0.1) is 6.92 Å². The highest BCUT2D eigenvalue weighted by atomic mass is 35.5. The van der Waals surface area contributed by atoms with Gasteiger partial charge in [0.2, 0.25) is 0 Å². The van der Waals surface area contributed by atoms with Crippen LogP contribution >= 0.6 is 12.4 Å². The summed E-state index contributed by atoms with van der Waals surface area (Å²) in [4.78, 5) is 0. The van der Waals surface area contributed by atoms with Crippen molar-refractivity contribution in [3.05, 3.63) is 29.8 Å². The fraction of sp³-hybridized carbons (Fsp3) is 0.143. The SMILES string of the molecule is Cc1cc[c]([AlH2])cc1.Cl. The highest BCUT2D eigenvalue weighted by Gasteiger charge is 1.80. The van der Waals surface area contributed by atoms with Gasteiger partial charge in [0.1, 0.15) is 0 Å². The number of rotatable bonds is 0. The Kier molecular flexibility index (Phi) is 3.97. The maximum absolute atomic E-state index is 2.18. The Morgan fingerprint density at radius 1 is 1.11 bits per heavy atom. The van der Waals surface area contributed by atoms with Gasteiger partial charge in [0.15, 0.2) is 0 Å². The van der Waals surface area contributed by atoms with E-state index in [-0.39, 0.29) is 12.4 Å². The summed E-state index contributed by atoms with van der Waals surface area (Å²) in [5.74, 6) is 0. The average molecular weight is 157 g/mol. The predicted molar refractivity (Wildman–Crippen MR) is 46.6 cm³/mol. The van der Waals surface area contributed by atoms with Crippen LogP contribution in [-0.2, 0) is 0 Å². The lowest BCUT2D eigenvalue weighted by Gasteiger charge is -1.90. The third-order valence-electron chi connectivity index (χ3n) is 1.22. The van der Waals surface area contributed by atoms with Crippen molar-refractivity contribution in [3.63, 3.8) is 0 Å². The molecule has 0 aliphatic carbocycles. The first-order valence-corrected chi connectivity index (χ1v) is 3.82. The molecule has 0 heterocycles. The quantitative estimate of drug-likeness (QED) is 0.485. The summed E-state index contributed by atoms with van der Waals surface area (Å²) in [6, 6.07) is 8.67. The lowest BCUT2D eigenvalue weighted by Crippen LogP contribution is -1.98. The van der Waals surface area contributed by atoms with Crippen molar-refractivity contribution < 1.29 is 0 Å². The van der Waals surface area contributed by atoms with Gasteiger partial charge in [0, 0.05) is 0 Å². The average Bonchev–Trinajstić information content (AvgIpc) is 1.77. The largest absolute Gasteiger partial charge is 0.258 e. The van der Waals surface area contributed by atoms with Crippen molar-refractivity contribution in [2.24, 2.45) is 0 Å². The summed E-state index contributed by atoms with van der Waals surface area (Å²) in [7, 11) is 0. The van der Waals surface area contributed by atoms with Crippen LogP contribution in [0.2, 0.25) is 0 Å². The van der Waals surface area contributed by atoms with Gasteiger partial charge in [-0.25, -0.2) is 0 Å². The maximum Gasteiger partial charge on any atom is 0.258 e. The standard InChI is InChI=1S/C7H7.Al.ClH.2H/c1-7-5-3-2-4-6-7;;;;/h3-6H,1H3;;1H;;. The van der Waals surface area contributed by atoms with Crippen molar-refractivity contribution in [2.45, 2.75) is 6.92 Å². The number of aryl methyl sites for hydroxylation is 1. The Morgan fingerprint density at radius 3 is 1.89 bits per heavy atom. The number of halogens is 1. The van der Waals surface area contributed by atoms with E-state index in [1.54, 1.807) is 0 Å². The van der Waals surface area contributed by atoms with Crippen LogP contribution in [0.25, 0.3) is 0 Å². The molecule has 1 rings (SSSR count). The maximum atomic E-state index is 2.18. The summed E-state index contributed by atoms with van der Waals surface area (Å²) >= 11 is 1.17. The van der Waals surface area contributed by atoms with Crippen molar-refractivity contribution in [1.29, 1.82) is 0 Å². The third-order valence-corrected chi connectivity index (χ3v) is 1.88. The van der Waals surface area contributed by atoms with Crippen LogP contribution in [0.5, 0.6) is 0 Å². The molecule has 0 N–H and O–H groups in total. The van der Waals surface area contributed by atoms with E-state index in [0.29, 0.717) is 0 Å². The zero-order valence-corrected chi connectivity index (χ0v) is 8.53. The van der Waals surface area contributed by atoms with E-state index in [1.807, 2.05) is 0 Å². The van der Waals surface area contributed by atoms with Crippen molar-refractivity contribution in [1.82, 2.24) is 0 Å². The minimum absolute atomic E-state index is 0. The van der Waals surface area contributed by atoms with Gasteiger partial charge >= 0.3 is 0 Å². The fourth-order valence-corrected chi connectivity index (χ4v) is 0.970. The zero-order chi connectivity index (χ0) is 5.98. The van der Waals surface area contributed by atoms with Gasteiger partial charge in [-0.2, -0.15) is 0 Å². The molecule has 0 aromatic heterocycles. The van der Waals surface area contributed by atoms with E-state index in [1.165, 1.54) is 26.3 Å². The van der Waals surface area contributed by atoms with Gasteiger partial charge in [-0.3, -0.25) is 0 Å². The molecule has 9 heavy (non-hydrogen) atoms. The Morgan fingerprint density at radius 2 is 1.56 bits per heavy atom. The summed E-state index contributed by atoms with van der Waals surface area (Å²) in [6.45, 7) is 2.11. The van der Waals surface area contributed by atoms with E-state index < -0.39 is 0 Å². The topological polar surface area (TPSA) is 0 Å². The Labute approximate surface area is 70.1 Å². The van der Waals surface area contributed by atoms with Crippen molar-refractivity contribution in [2.75, 3.05) is 0 Å². The normalized spacial score (nSPS) is 8.11. The molecule has 0 nitrogen and oxygen atoms in total. The van der Waals surface area contributed by atoms with Crippen LogP contribution < -0.4 is 4.43 Å². The zero-order valence-electron chi connectivity index (χ0n) is 5.72. The van der Waals surface area contributed by atoms with Gasteiger partial charge in [0.25, 0.3) is 16.3 Å². The first-order chi connectivity index (χ1) is 3.79. The van der Waals surface area contributed by atoms with Crippen molar-refractivity contribution >= 4 is 33.1 Å². The predicted octanol–water partition coefficient (Wildman–Crippen LogP) is 0.675. The molecule has 0 saturated carbocycles. The molecule has 1 aromatic carbocycles. The molecular weight excluding hydrogens is 147 g/mol. The smallest absolute Gasteiger partial charge is 0.147 e. The van der Waals surface area contributed by atoms with E-state index in [2.05, 4.69) is 31.2 Å². The monoisotopic (exact) mass is 156 g/mol. The highest BCUT2D eigenvalue weighted by Crippen LogP contribution is 1.90. The molecule has 0 radical (unpaired) electrons. The molecule has 0 unspecified atom stereocenters. The first-order valence-electron chi connectivity index (χ1n) is 2.82. The minimum Gasteiger partial charge on any atom is -0.147 e. The molecular formula is C7H10AlCl. The molecule has 0 fully saturated rings. The van der Waals surface area contributed by atoms with Crippen LogP contribution in [0.1, 0.15) is 5.56 Å². The number of hydrogen-bond donors (Lipinski definition) is 0. The minimum atomic E-state index is 0. The Hall–Kier alpha value is 0.0425. The molecule has 0 amide bonds. The first kappa shape index (κ1) is 9.04. The van der Waals surface area contributed by atoms with Crippen molar-refractivity contribution in [3.8, 4) is 0 Å². The molecule has 48 valence electrons. The Bertz CT molecular complexity index is 148. The van der Waals surface area contributed by atoms with E-state index in [4.69, 9.17) is 0 Å². The van der Waals surface area contributed by atoms with Gasteiger partial charge in [0.05, 0.1) is 0 Å². The Balaban J connectivity index is 0.000000640. The molecule has 0 bridgehead atoms. The van der Waals surface area contributed by atoms with E-state index >= 15 is 0 Å². The lowest BCUT2D eigenvalue weighted by molar-refractivity contribution is 1.49. The van der Waals surface area contributed by atoms with Crippen LogP contribution in [0.3, 0.4) is 0 Å². The van der Waals surface area contributed by atoms with Gasteiger partial charge < -0.3 is 0 Å². The third kappa shape index (κ3) is 2.91. The summed E-state index contributed by atoms with van der Waals surface area (Å²) in [5, 5.41) is 0. The fourth-order valence-electron chi connectivity index (χ4n) is 0.637. The second-order valence-corrected chi connectivity index (χ2v) is 3.31. The molecule has 1 aromatic rings. The molecule has 0 aliphatic heterocycles. The lowest BCUT2D eigenvalue weighted by atomic mass is 10.2. The second kappa shape index (κ2) is 3.96. The van der Waals surface area contributed by atoms with Crippen LogP contribution in [-0.4, -0.2) is 16.3 Å². The number of hydrogen-bond acceptors (Lipinski definition) is 0. The van der Waals surface area contributed by atoms with E-state index in [9.17, 15) is 0 Å². The second-order valence-electron chi connectivity index (χ2n) is 2.15. The van der Waals surface area contributed by atoms with Gasteiger partial charge in [-0.1, -0.05) is 29.8 Å². The number of benzene rings is 1. The molecule has 0 saturated heterocycles. The van der Waals surface area contributed by atoms with Gasteiger partial charge in [-0.05, 0) is 6.92 Å².